The van der Waals surface area contributed by atoms with Gasteiger partial charge in [0.15, 0.2) is 0 Å². The van der Waals surface area contributed by atoms with E-state index < -0.39 is 34.2 Å². The predicted octanol–water partition coefficient (Wildman–Crippen LogP) is 3.48. The molecule has 0 aromatic heterocycles. The van der Waals surface area contributed by atoms with Crippen molar-refractivity contribution in [1.29, 1.82) is 0 Å². The highest BCUT2D eigenvalue weighted by Crippen LogP contribution is 2.61. The Kier molecular flexibility index (Phi) is 7.67. The molecule has 0 bridgehead atoms. The zero-order chi connectivity index (χ0) is 27.3. The fourth-order valence-corrected chi connectivity index (χ4v) is 9.34. The molecule has 3 amide bonds. The number of aliphatic hydroxyl groups excluding tert-OH is 1. The van der Waals surface area contributed by atoms with Gasteiger partial charge in [0.05, 0.1) is 29.2 Å². The van der Waals surface area contributed by atoms with Crippen LogP contribution < -0.4 is 0 Å². The Balaban J connectivity index is 1.83. The first-order valence-corrected chi connectivity index (χ1v) is 14.8. The summed E-state index contributed by atoms with van der Waals surface area (Å²) >= 11 is 1.61. The van der Waals surface area contributed by atoms with E-state index in [4.69, 9.17) is 0 Å². The maximum atomic E-state index is 14.6. The fraction of sp³-hybridized carbons (Fsp3) is 0.759. The second kappa shape index (κ2) is 10.1. The molecule has 4 heterocycles. The minimum atomic E-state index is -0.839. The van der Waals surface area contributed by atoms with E-state index in [9.17, 15) is 19.5 Å². The number of hydrogen-bond acceptors (Lipinski definition) is 5. The zero-order valence-electron chi connectivity index (χ0n) is 23.6. The van der Waals surface area contributed by atoms with E-state index in [1.54, 1.807) is 16.7 Å². The van der Waals surface area contributed by atoms with Gasteiger partial charge in [0.2, 0.25) is 17.7 Å². The molecule has 1 spiro atoms. The molecule has 8 heteroatoms. The lowest BCUT2D eigenvalue weighted by Crippen LogP contribution is -2.60. The zero-order valence-corrected chi connectivity index (χ0v) is 24.4. The molecule has 2 fully saturated rings. The van der Waals surface area contributed by atoms with Crippen LogP contribution in [0.1, 0.15) is 67.7 Å². The Morgan fingerprint density at radius 3 is 2.35 bits per heavy atom. The number of hydrogen-bond donors (Lipinski definition) is 1. The highest BCUT2D eigenvalue weighted by molar-refractivity contribution is 8.02. The third-order valence-corrected chi connectivity index (χ3v) is 10.2. The van der Waals surface area contributed by atoms with Crippen molar-refractivity contribution in [3.05, 3.63) is 24.3 Å². The first-order valence-electron chi connectivity index (χ1n) is 13.9. The number of aliphatic hydroxyl groups is 1. The summed E-state index contributed by atoms with van der Waals surface area (Å²) in [6.45, 7) is 16.2. The molecule has 2 saturated heterocycles. The summed E-state index contributed by atoms with van der Waals surface area (Å²) < 4.78 is -0.839. The summed E-state index contributed by atoms with van der Waals surface area (Å²) in [6, 6.07) is -1.22. The van der Waals surface area contributed by atoms with Gasteiger partial charge in [-0.2, -0.15) is 0 Å². The van der Waals surface area contributed by atoms with Gasteiger partial charge in [-0.1, -0.05) is 58.9 Å². The molecule has 6 atom stereocenters. The molecular weight excluding hydrogens is 486 g/mol. The van der Waals surface area contributed by atoms with Crippen LogP contribution in [0.5, 0.6) is 0 Å². The highest BCUT2D eigenvalue weighted by Gasteiger charge is 2.72. The number of carbonyl (C=O) groups excluding carboxylic acids is 3. The number of nitrogens with zero attached hydrogens (tertiary/aromatic N) is 3. The molecule has 0 aliphatic carbocycles. The summed E-state index contributed by atoms with van der Waals surface area (Å²) in [5.74, 6) is -1.38. The lowest BCUT2D eigenvalue weighted by atomic mass is 9.77. The van der Waals surface area contributed by atoms with Crippen LogP contribution in [-0.4, -0.2) is 91.4 Å². The molecule has 206 valence electrons. The van der Waals surface area contributed by atoms with E-state index in [0.29, 0.717) is 26.1 Å². The van der Waals surface area contributed by atoms with Crippen molar-refractivity contribution in [3.8, 4) is 0 Å². The second-order valence-corrected chi connectivity index (χ2v) is 14.4. The van der Waals surface area contributed by atoms with Crippen LogP contribution in [0.2, 0.25) is 0 Å². The molecule has 0 radical (unpaired) electrons. The smallest absolute Gasteiger partial charge is 0.247 e. The van der Waals surface area contributed by atoms with Crippen molar-refractivity contribution < 1.29 is 19.5 Å². The van der Waals surface area contributed by atoms with Crippen LogP contribution in [0.15, 0.2) is 24.3 Å². The van der Waals surface area contributed by atoms with E-state index in [2.05, 4.69) is 53.7 Å². The average Bonchev–Trinajstić information content (AvgIpc) is 3.11. The molecular formula is C29H45N3O4S. The first-order chi connectivity index (χ1) is 17.3. The molecule has 37 heavy (non-hydrogen) atoms. The van der Waals surface area contributed by atoms with E-state index in [-0.39, 0.29) is 35.0 Å². The maximum absolute atomic E-state index is 14.6. The van der Waals surface area contributed by atoms with Crippen molar-refractivity contribution in [3.63, 3.8) is 0 Å². The predicted molar refractivity (Wildman–Crippen MR) is 148 cm³/mol. The summed E-state index contributed by atoms with van der Waals surface area (Å²) in [5, 5.41) is 10.1. The molecule has 7 nitrogen and oxygen atoms in total. The van der Waals surface area contributed by atoms with Gasteiger partial charge >= 0.3 is 0 Å². The van der Waals surface area contributed by atoms with Gasteiger partial charge in [-0.15, -0.1) is 11.8 Å². The monoisotopic (exact) mass is 531 g/mol. The largest absolute Gasteiger partial charge is 0.394 e. The fourth-order valence-electron chi connectivity index (χ4n) is 7.34. The van der Waals surface area contributed by atoms with Crippen molar-refractivity contribution in [2.24, 2.45) is 17.3 Å². The Bertz CT molecular complexity index is 982. The quantitative estimate of drug-likeness (QED) is 0.509. The highest BCUT2D eigenvalue weighted by atomic mass is 32.2. The normalized spacial score (nSPS) is 32.9. The van der Waals surface area contributed by atoms with Crippen LogP contribution in [0.3, 0.4) is 0 Å². The molecule has 4 aliphatic rings. The van der Waals surface area contributed by atoms with Gasteiger partial charge in [-0.25, -0.2) is 0 Å². The molecule has 0 aromatic rings. The molecule has 0 saturated carbocycles. The van der Waals surface area contributed by atoms with Crippen molar-refractivity contribution in [2.45, 2.75) is 95.3 Å². The van der Waals surface area contributed by atoms with Crippen LogP contribution in [-0.2, 0) is 14.4 Å². The Labute approximate surface area is 226 Å². The van der Waals surface area contributed by atoms with Gasteiger partial charge < -0.3 is 19.8 Å². The topological polar surface area (TPSA) is 81.2 Å². The number of rotatable bonds is 7. The van der Waals surface area contributed by atoms with Gasteiger partial charge in [0.1, 0.15) is 6.04 Å². The van der Waals surface area contributed by atoms with Gasteiger partial charge in [0.25, 0.3) is 0 Å². The van der Waals surface area contributed by atoms with Crippen LogP contribution in [0, 0.1) is 17.3 Å². The molecule has 1 unspecified atom stereocenters. The van der Waals surface area contributed by atoms with E-state index in [1.165, 1.54) is 0 Å². The number of amides is 3. The standard InChI is InChI=1S/C29H45N3O4S/c1-8-14-30-15-10-12-20-21(24(30)34)22-25(35)32(19(9-2)17-33)23-26(36)31(16-11-13-29(22,23)37-20)28(6,7)18-27(3,4)5/h10-13,19-23,33H,8-9,14-18H2,1-7H3/t19-,20-,21+,22-,23?,29-/m0/s1. The number of carbonyl (C=O) groups is 3. The number of likely N-dealkylation sites (tertiary alicyclic amines) is 1. The lowest BCUT2D eigenvalue weighted by molar-refractivity contribution is -0.149. The van der Waals surface area contributed by atoms with E-state index in [0.717, 1.165) is 12.8 Å². The molecule has 4 aliphatic heterocycles. The Morgan fingerprint density at radius 1 is 1.05 bits per heavy atom. The van der Waals surface area contributed by atoms with Crippen LogP contribution >= 0.6 is 11.8 Å². The van der Waals surface area contributed by atoms with Gasteiger partial charge in [0, 0.05) is 30.4 Å². The lowest BCUT2D eigenvalue weighted by Gasteiger charge is -2.45. The summed E-state index contributed by atoms with van der Waals surface area (Å²) in [7, 11) is 0. The Hall–Kier alpha value is -1.80. The van der Waals surface area contributed by atoms with Gasteiger partial charge in [-0.05, 0) is 38.5 Å². The SMILES string of the molecule is CCCN1CC=C[C@@H]2S[C@]34C=CCN(C(C)(C)CC(C)(C)C)C(=O)C3N([C@@H](CC)CO)C(=O)[C@@H]4[C@@H]2C1=O. The van der Waals surface area contributed by atoms with E-state index >= 15 is 0 Å². The summed E-state index contributed by atoms with van der Waals surface area (Å²) in [4.78, 5) is 48.2. The third-order valence-electron chi connectivity index (χ3n) is 8.44. The third kappa shape index (κ3) is 4.66. The minimum absolute atomic E-state index is 0.00670. The Morgan fingerprint density at radius 2 is 1.76 bits per heavy atom. The summed E-state index contributed by atoms with van der Waals surface area (Å²) in [5.41, 5.74) is -0.419. The van der Waals surface area contributed by atoms with Crippen molar-refractivity contribution in [1.82, 2.24) is 14.7 Å². The van der Waals surface area contributed by atoms with E-state index in [1.807, 2.05) is 28.9 Å². The van der Waals surface area contributed by atoms with Crippen LogP contribution in [0.25, 0.3) is 0 Å². The van der Waals surface area contributed by atoms with Crippen molar-refractivity contribution in [2.75, 3.05) is 26.2 Å². The molecule has 4 rings (SSSR count). The number of thioether (sulfide) groups is 1. The van der Waals surface area contributed by atoms with Gasteiger partial charge in [-0.3, -0.25) is 14.4 Å². The van der Waals surface area contributed by atoms with Crippen molar-refractivity contribution >= 4 is 29.5 Å². The maximum Gasteiger partial charge on any atom is 0.247 e. The first kappa shape index (κ1) is 28.2. The average molecular weight is 532 g/mol. The van der Waals surface area contributed by atoms with Crippen LogP contribution in [0.4, 0.5) is 0 Å². The summed E-state index contributed by atoms with van der Waals surface area (Å²) in [6.07, 6.45) is 10.4. The number of fused-ring (bicyclic) bond motifs is 2. The minimum Gasteiger partial charge on any atom is -0.394 e. The molecule has 1 N–H and O–H groups in total. The molecule has 0 aromatic carbocycles. The second-order valence-electron chi connectivity index (χ2n) is 12.9.